The molecule has 0 saturated carbocycles. The Labute approximate surface area is 183 Å². The van der Waals surface area contributed by atoms with Gasteiger partial charge in [-0.15, -0.1) is 13.2 Å². The van der Waals surface area contributed by atoms with Crippen LogP contribution < -0.4 is 14.2 Å². The standard InChI is InChI=1S/C19H16F3N5O6/c20-19(21,22)33-14-3-1-12(2-4-14)13-7-23-17(24-8-13)31-6-5-30-15-9-26-10-16(27(28)29)25-18(26)32-11-15/h1-4,7-8,10,15H,5-6,9,11H2/t15-/m0/s1. The summed E-state index contributed by atoms with van der Waals surface area (Å²) in [6.45, 7) is 0.905. The van der Waals surface area contributed by atoms with Crippen LogP contribution in [-0.2, 0) is 11.3 Å². The van der Waals surface area contributed by atoms with Crippen molar-refractivity contribution in [3.05, 3.63) is 53.0 Å². The quantitative estimate of drug-likeness (QED) is 0.279. The number of rotatable bonds is 8. The highest BCUT2D eigenvalue weighted by molar-refractivity contribution is 5.62. The second-order valence-electron chi connectivity index (χ2n) is 6.77. The molecule has 0 unspecified atom stereocenters. The van der Waals surface area contributed by atoms with Crippen molar-refractivity contribution in [1.29, 1.82) is 0 Å². The van der Waals surface area contributed by atoms with Crippen LogP contribution in [0.4, 0.5) is 19.0 Å². The van der Waals surface area contributed by atoms with Gasteiger partial charge in [0.05, 0.1) is 13.2 Å². The van der Waals surface area contributed by atoms with E-state index in [4.69, 9.17) is 14.2 Å². The minimum absolute atomic E-state index is 0.104. The van der Waals surface area contributed by atoms with E-state index in [9.17, 15) is 23.3 Å². The van der Waals surface area contributed by atoms with E-state index >= 15 is 0 Å². The SMILES string of the molecule is O=[N+]([O-])c1cn2c(n1)OC[C@@H](OCCOc1ncc(-c3ccc(OC(F)(F)F)cc3)cn1)C2. The van der Waals surface area contributed by atoms with E-state index < -0.39 is 11.3 Å². The molecule has 33 heavy (non-hydrogen) atoms. The molecule has 2 aromatic heterocycles. The molecule has 174 valence electrons. The number of fused-ring (bicyclic) bond motifs is 1. The fourth-order valence-electron chi connectivity index (χ4n) is 3.00. The summed E-state index contributed by atoms with van der Waals surface area (Å²) in [5.74, 6) is -0.613. The molecule has 0 spiro atoms. The molecular formula is C19H16F3N5O6. The summed E-state index contributed by atoms with van der Waals surface area (Å²) in [6, 6.07) is 5.59. The van der Waals surface area contributed by atoms with Gasteiger partial charge >= 0.3 is 24.2 Å². The van der Waals surface area contributed by atoms with Gasteiger partial charge in [0.25, 0.3) is 0 Å². The van der Waals surface area contributed by atoms with Crippen molar-refractivity contribution < 1.29 is 37.0 Å². The van der Waals surface area contributed by atoms with Gasteiger partial charge in [-0.25, -0.2) is 9.97 Å². The van der Waals surface area contributed by atoms with Crippen LogP contribution in [0, 0.1) is 10.1 Å². The van der Waals surface area contributed by atoms with Gasteiger partial charge in [0, 0.05) is 22.9 Å². The lowest BCUT2D eigenvalue weighted by atomic mass is 10.1. The van der Waals surface area contributed by atoms with E-state index in [0.29, 0.717) is 17.7 Å². The van der Waals surface area contributed by atoms with Gasteiger partial charge < -0.3 is 29.1 Å². The van der Waals surface area contributed by atoms with Crippen LogP contribution in [0.15, 0.2) is 42.9 Å². The maximum atomic E-state index is 12.2. The van der Waals surface area contributed by atoms with Crippen molar-refractivity contribution in [2.75, 3.05) is 19.8 Å². The van der Waals surface area contributed by atoms with Gasteiger partial charge in [0.15, 0.2) is 0 Å². The number of aromatic nitrogens is 4. The van der Waals surface area contributed by atoms with Gasteiger partial charge in [0.1, 0.15) is 31.3 Å². The first-order chi connectivity index (χ1) is 15.8. The van der Waals surface area contributed by atoms with Crippen molar-refractivity contribution in [1.82, 2.24) is 19.5 Å². The molecule has 1 aliphatic heterocycles. The van der Waals surface area contributed by atoms with Crippen LogP contribution in [0.25, 0.3) is 11.1 Å². The molecule has 11 nitrogen and oxygen atoms in total. The van der Waals surface area contributed by atoms with Crippen molar-refractivity contribution in [3.8, 4) is 28.9 Å². The topological polar surface area (TPSA) is 124 Å². The molecule has 3 heterocycles. The Morgan fingerprint density at radius 2 is 1.88 bits per heavy atom. The van der Waals surface area contributed by atoms with Gasteiger partial charge in [-0.2, -0.15) is 0 Å². The van der Waals surface area contributed by atoms with Crippen molar-refractivity contribution in [2.45, 2.75) is 19.0 Å². The monoisotopic (exact) mass is 467 g/mol. The highest BCUT2D eigenvalue weighted by atomic mass is 19.4. The number of alkyl halides is 3. The molecule has 0 bridgehead atoms. The third-order valence-electron chi connectivity index (χ3n) is 4.43. The number of ether oxygens (including phenoxy) is 4. The third kappa shape index (κ3) is 5.85. The van der Waals surface area contributed by atoms with Gasteiger partial charge in [-0.05, 0) is 22.6 Å². The maximum Gasteiger partial charge on any atom is 0.573 e. The fourth-order valence-corrected chi connectivity index (χ4v) is 3.00. The molecule has 0 N–H and O–H groups in total. The minimum atomic E-state index is -4.75. The molecule has 1 aliphatic rings. The van der Waals surface area contributed by atoms with Crippen LogP contribution in [0.1, 0.15) is 0 Å². The first kappa shape index (κ1) is 22.3. The number of hydrogen-bond acceptors (Lipinski definition) is 9. The number of benzene rings is 1. The Morgan fingerprint density at radius 1 is 1.15 bits per heavy atom. The number of hydrogen-bond donors (Lipinski definition) is 0. The van der Waals surface area contributed by atoms with E-state index in [1.165, 1.54) is 47.4 Å². The fraction of sp³-hybridized carbons (Fsp3) is 0.316. The second-order valence-corrected chi connectivity index (χ2v) is 6.77. The molecule has 0 aliphatic carbocycles. The Balaban J connectivity index is 1.22. The summed E-state index contributed by atoms with van der Waals surface area (Å²) in [7, 11) is 0. The van der Waals surface area contributed by atoms with Crippen LogP contribution in [-0.4, -0.2) is 56.7 Å². The average Bonchev–Trinajstić information content (AvgIpc) is 3.21. The predicted molar refractivity (Wildman–Crippen MR) is 104 cm³/mol. The zero-order chi connectivity index (χ0) is 23.4. The van der Waals surface area contributed by atoms with E-state index in [1.807, 2.05) is 0 Å². The Morgan fingerprint density at radius 3 is 2.55 bits per heavy atom. The number of imidazole rings is 1. The summed E-state index contributed by atoms with van der Waals surface area (Å²) in [6.07, 6.45) is -0.840. The number of nitrogens with zero attached hydrogens (tertiary/aromatic N) is 5. The zero-order valence-electron chi connectivity index (χ0n) is 16.8. The lowest BCUT2D eigenvalue weighted by Gasteiger charge is -2.22. The summed E-state index contributed by atoms with van der Waals surface area (Å²) >= 11 is 0. The van der Waals surface area contributed by atoms with Gasteiger partial charge in [-0.3, -0.25) is 4.57 Å². The molecule has 4 rings (SSSR count). The largest absolute Gasteiger partial charge is 0.573 e. The lowest BCUT2D eigenvalue weighted by molar-refractivity contribution is -0.389. The van der Waals surface area contributed by atoms with Gasteiger partial charge in [0.2, 0.25) is 0 Å². The van der Waals surface area contributed by atoms with E-state index in [1.54, 1.807) is 0 Å². The summed E-state index contributed by atoms with van der Waals surface area (Å²) in [4.78, 5) is 22.1. The third-order valence-corrected chi connectivity index (χ3v) is 4.43. The molecule has 0 radical (unpaired) electrons. The zero-order valence-corrected chi connectivity index (χ0v) is 16.8. The van der Waals surface area contributed by atoms with Crippen LogP contribution in [0.2, 0.25) is 0 Å². The molecule has 0 fully saturated rings. The smallest absolute Gasteiger partial charge is 0.461 e. The van der Waals surface area contributed by atoms with Crippen molar-refractivity contribution in [3.63, 3.8) is 0 Å². The average molecular weight is 467 g/mol. The van der Waals surface area contributed by atoms with Crippen LogP contribution in [0.5, 0.6) is 17.8 Å². The molecule has 14 heteroatoms. The molecule has 0 saturated heterocycles. The van der Waals surface area contributed by atoms with Crippen LogP contribution in [0.3, 0.4) is 0 Å². The first-order valence-corrected chi connectivity index (χ1v) is 9.54. The normalized spacial score (nSPS) is 15.4. The van der Waals surface area contributed by atoms with Crippen molar-refractivity contribution in [2.24, 2.45) is 0 Å². The highest BCUT2D eigenvalue weighted by Crippen LogP contribution is 2.26. The predicted octanol–water partition coefficient (Wildman–Crippen LogP) is 3.00. The lowest BCUT2D eigenvalue weighted by Crippen LogP contribution is -2.33. The number of nitro groups is 1. The first-order valence-electron chi connectivity index (χ1n) is 9.54. The molecule has 1 atom stereocenters. The summed E-state index contributed by atoms with van der Waals surface area (Å²) in [5.41, 5.74) is 1.19. The Kier molecular flexibility index (Phi) is 6.26. The molecule has 3 aromatic rings. The summed E-state index contributed by atoms with van der Waals surface area (Å²) in [5, 5.41) is 10.8. The minimum Gasteiger partial charge on any atom is -0.461 e. The Hall–Kier alpha value is -3.94. The van der Waals surface area contributed by atoms with E-state index in [0.717, 1.165) is 0 Å². The van der Waals surface area contributed by atoms with Crippen LogP contribution >= 0.6 is 0 Å². The van der Waals surface area contributed by atoms with Gasteiger partial charge in [-0.1, -0.05) is 12.1 Å². The summed E-state index contributed by atoms with van der Waals surface area (Å²) < 4.78 is 58.5. The highest BCUT2D eigenvalue weighted by Gasteiger charge is 2.31. The maximum absolute atomic E-state index is 12.2. The Bertz CT molecular complexity index is 1100. The van der Waals surface area contributed by atoms with E-state index in [2.05, 4.69) is 19.7 Å². The molecular weight excluding hydrogens is 451 g/mol. The molecule has 1 aromatic carbocycles. The van der Waals surface area contributed by atoms with E-state index in [-0.39, 0.29) is 49.5 Å². The van der Waals surface area contributed by atoms with Crippen molar-refractivity contribution >= 4 is 5.82 Å². The second kappa shape index (κ2) is 9.28. The number of halogens is 3. The molecule has 0 amide bonds.